The third-order valence-corrected chi connectivity index (χ3v) is 5.12. The molecule has 1 atom stereocenters. The van der Waals surface area contributed by atoms with Crippen molar-refractivity contribution in [2.45, 2.75) is 31.6 Å². The zero-order chi connectivity index (χ0) is 13.5. The number of para-hydroxylation sites is 1. The molecule has 20 heavy (non-hydrogen) atoms. The number of fused-ring (bicyclic) bond motifs is 1. The first kappa shape index (κ1) is 12.2. The van der Waals surface area contributed by atoms with Crippen molar-refractivity contribution in [2.75, 3.05) is 18.4 Å². The summed E-state index contributed by atoms with van der Waals surface area (Å²) in [4.78, 5) is 12.4. The molecule has 2 aliphatic carbocycles. The first-order chi connectivity index (χ1) is 9.83. The van der Waals surface area contributed by atoms with Gasteiger partial charge in [-0.2, -0.15) is 0 Å². The summed E-state index contributed by atoms with van der Waals surface area (Å²) in [6, 6.07) is 8.16. The number of rotatable bonds is 5. The maximum Gasteiger partial charge on any atom is 0.229 e. The van der Waals surface area contributed by atoms with Gasteiger partial charge < -0.3 is 10.6 Å². The van der Waals surface area contributed by atoms with Crippen molar-refractivity contribution in [1.82, 2.24) is 5.32 Å². The summed E-state index contributed by atoms with van der Waals surface area (Å²) in [7, 11) is 0. The Morgan fingerprint density at radius 3 is 2.60 bits per heavy atom. The summed E-state index contributed by atoms with van der Waals surface area (Å²) >= 11 is 0. The molecule has 0 bridgehead atoms. The van der Waals surface area contributed by atoms with E-state index in [1.807, 2.05) is 12.1 Å². The van der Waals surface area contributed by atoms with Crippen molar-refractivity contribution in [3.8, 4) is 0 Å². The summed E-state index contributed by atoms with van der Waals surface area (Å²) < 4.78 is 0. The van der Waals surface area contributed by atoms with Crippen LogP contribution in [0.2, 0.25) is 0 Å². The van der Waals surface area contributed by atoms with Crippen LogP contribution in [-0.4, -0.2) is 19.0 Å². The third-order valence-electron chi connectivity index (χ3n) is 5.12. The van der Waals surface area contributed by atoms with Crippen LogP contribution in [0.15, 0.2) is 24.3 Å². The standard InChI is InChI=1S/C17H22N2O/c20-17(15-10-18-16-4-2-1-3-13(15)16)19-9-14(11-5-6-11)12-7-8-12/h1-4,11-12,14-15,18H,5-10H2,(H,19,20). The quantitative estimate of drug-likeness (QED) is 0.864. The minimum atomic E-state index is -0.00902. The fraction of sp³-hybridized carbons (Fsp3) is 0.588. The largest absolute Gasteiger partial charge is 0.384 e. The number of amides is 1. The van der Waals surface area contributed by atoms with Crippen LogP contribution in [0.3, 0.4) is 0 Å². The van der Waals surface area contributed by atoms with Crippen LogP contribution in [0, 0.1) is 17.8 Å². The van der Waals surface area contributed by atoms with Crippen molar-refractivity contribution < 1.29 is 4.79 Å². The van der Waals surface area contributed by atoms with E-state index in [0.717, 1.165) is 42.1 Å². The lowest BCUT2D eigenvalue weighted by Crippen LogP contribution is -2.35. The Morgan fingerprint density at radius 1 is 1.20 bits per heavy atom. The van der Waals surface area contributed by atoms with E-state index in [2.05, 4.69) is 22.8 Å². The van der Waals surface area contributed by atoms with E-state index in [0.29, 0.717) is 0 Å². The second kappa shape index (κ2) is 4.80. The second-order valence-corrected chi connectivity index (χ2v) is 6.60. The molecule has 1 aromatic carbocycles. The number of anilines is 1. The highest BCUT2D eigenvalue weighted by molar-refractivity contribution is 5.88. The van der Waals surface area contributed by atoms with Gasteiger partial charge in [0.25, 0.3) is 0 Å². The Kier molecular flexibility index (Phi) is 2.94. The zero-order valence-corrected chi connectivity index (χ0v) is 11.8. The molecule has 1 unspecified atom stereocenters. The maximum absolute atomic E-state index is 12.4. The lowest BCUT2D eigenvalue weighted by molar-refractivity contribution is -0.122. The lowest BCUT2D eigenvalue weighted by atomic mass is 9.96. The molecule has 1 amide bonds. The van der Waals surface area contributed by atoms with Crippen molar-refractivity contribution in [3.63, 3.8) is 0 Å². The number of hydrogen-bond acceptors (Lipinski definition) is 2. The molecule has 2 fully saturated rings. The normalized spacial score (nSPS) is 24.4. The summed E-state index contributed by atoms with van der Waals surface area (Å²) in [5.74, 6) is 2.75. The number of hydrogen-bond donors (Lipinski definition) is 2. The fourth-order valence-corrected chi connectivity index (χ4v) is 3.63. The molecule has 3 heteroatoms. The van der Waals surface area contributed by atoms with Gasteiger partial charge in [0, 0.05) is 18.8 Å². The van der Waals surface area contributed by atoms with Gasteiger partial charge in [-0.15, -0.1) is 0 Å². The van der Waals surface area contributed by atoms with E-state index in [1.54, 1.807) is 0 Å². The molecule has 2 saturated carbocycles. The predicted molar refractivity (Wildman–Crippen MR) is 79.6 cm³/mol. The van der Waals surface area contributed by atoms with Crippen LogP contribution in [0.1, 0.15) is 37.2 Å². The fourth-order valence-electron chi connectivity index (χ4n) is 3.63. The number of nitrogens with one attached hydrogen (secondary N) is 2. The molecule has 0 saturated heterocycles. The number of carbonyl (C=O) groups excluding carboxylic acids is 1. The van der Waals surface area contributed by atoms with Gasteiger partial charge in [0.05, 0.1) is 5.92 Å². The van der Waals surface area contributed by atoms with E-state index in [-0.39, 0.29) is 11.8 Å². The zero-order valence-electron chi connectivity index (χ0n) is 11.8. The van der Waals surface area contributed by atoms with Gasteiger partial charge in [-0.3, -0.25) is 4.79 Å². The van der Waals surface area contributed by atoms with Gasteiger partial charge in [-0.05, 0) is 55.1 Å². The Balaban J connectivity index is 1.38. The van der Waals surface area contributed by atoms with Crippen LogP contribution in [0.4, 0.5) is 5.69 Å². The van der Waals surface area contributed by atoms with Crippen molar-refractivity contribution in [2.24, 2.45) is 17.8 Å². The van der Waals surface area contributed by atoms with Crippen LogP contribution in [0.5, 0.6) is 0 Å². The highest BCUT2D eigenvalue weighted by Crippen LogP contribution is 2.48. The van der Waals surface area contributed by atoms with Gasteiger partial charge in [-0.25, -0.2) is 0 Å². The van der Waals surface area contributed by atoms with Crippen LogP contribution in [0.25, 0.3) is 0 Å². The number of carbonyl (C=O) groups is 1. The molecule has 3 nitrogen and oxygen atoms in total. The van der Waals surface area contributed by atoms with Crippen molar-refractivity contribution >= 4 is 11.6 Å². The molecule has 3 aliphatic rings. The highest BCUT2D eigenvalue weighted by atomic mass is 16.1. The Bertz CT molecular complexity index is 507. The average Bonchev–Trinajstić information content (AvgIpc) is 3.38. The summed E-state index contributed by atoms with van der Waals surface area (Å²) in [6.07, 6.45) is 5.52. The predicted octanol–water partition coefficient (Wildman–Crippen LogP) is 2.75. The summed E-state index contributed by atoms with van der Waals surface area (Å²) in [5.41, 5.74) is 2.27. The van der Waals surface area contributed by atoms with Crippen LogP contribution < -0.4 is 10.6 Å². The smallest absolute Gasteiger partial charge is 0.229 e. The van der Waals surface area contributed by atoms with Crippen molar-refractivity contribution in [3.05, 3.63) is 29.8 Å². The van der Waals surface area contributed by atoms with Gasteiger partial charge in [0.2, 0.25) is 5.91 Å². The van der Waals surface area contributed by atoms with E-state index in [9.17, 15) is 4.79 Å². The van der Waals surface area contributed by atoms with Gasteiger partial charge in [-0.1, -0.05) is 18.2 Å². The van der Waals surface area contributed by atoms with Gasteiger partial charge in [0.1, 0.15) is 0 Å². The average molecular weight is 270 g/mol. The first-order valence-electron chi connectivity index (χ1n) is 7.93. The summed E-state index contributed by atoms with van der Waals surface area (Å²) in [6.45, 7) is 1.63. The first-order valence-corrected chi connectivity index (χ1v) is 7.93. The molecule has 1 aromatic rings. The van der Waals surface area contributed by atoms with E-state index in [1.165, 1.54) is 25.7 Å². The SMILES string of the molecule is O=C(NCC(C1CC1)C1CC1)C1CNc2ccccc21. The topological polar surface area (TPSA) is 41.1 Å². The Hall–Kier alpha value is -1.51. The maximum atomic E-state index is 12.4. The molecule has 106 valence electrons. The molecule has 0 radical (unpaired) electrons. The monoisotopic (exact) mass is 270 g/mol. The lowest BCUT2D eigenvalue weighted by Gasteiger charge is -2.18. The summed E-state index contributed by atoms with van der Waals surface area (Å²) in [5, 5.41) is 6.56. The molecule has 2 N–H and O–H groups in total. The molecule has 0 spiro atoms. The molecule has 4 rings (SSSR count). The molecule has 0 aromatic heterocycles. The molecular weight excluding hydrogens is 248 g/mol. The molecular formula is C17H22N2O. The minimum absolute atomic E-state index is 0.00902. The van der Waals surface area contributed by atoms with E-state index < -0.39 is 0 Å². The highest BCUT2D eigenvalue weighted by Gasteiger charge is 2.41. The number of benzene rings is 1. The van der Waals surface area contributed by atoms with E-state index in [4.69, 9.17) is 0 Å². The molecule has 1 aliphatic heterocycles. The Morgan fingerprint density at radius 2 is 1.90 bits per heavy atom. The third kappa shape index (κ3) is 2.30. The molecule has 1 heterocycles. The van der Waals surface area contributed by atoms with Gasteiger partial charge >= 0.3 is 0 Å². The van der Waals surface area contributed by atoms with Crippen LogP contribution >= 0.6 is 0 Å². The van der Waals surface area contributed by atoms with Crippen LogP contribution in [-0.2, 0) is 4.79 Å². The second-order valence-electron chi connectivity index (χ2n) is 6.60. The van der Waals surface area contributed by atoms with Gasteiger partial charge in [0.15, 0.2) is 0 Å². The van der Waals surface area contributed by atoms with E-state index >= 15 is 0 Å². The Labute approximate surface area is 120 Å². The minimum Gasteiger partial charge on any atom is -0.384 e. The van der Waals surface area contributed by atoms with Crippen molar-refractivity contribution in [1.29, 1.82) is 0 Å².